The number of hydrogen-bond donors (Lipinski definition) is 2. The quantitative estimate of drug-likeness (QED) is 0.745. The van der Waals surface area contributed by atoms with E-state index >= 15 is 0 Å². The molecule has 0 heterocycles. The number of nitrogens with one attached hydrogen (secondary N) is 1. The molecule has 0 bridgehead atoms. The number of hydrogen-bond acceptors (Lipinski definition) is 3. The molecule has 102 valence electrons. The van der Waals surface area contributed by atoms with Crippen LogP contribution in [0.3, 0.4) is 0 Å². The van der Waals surface area contributed by atoms with E-state index in [1.807, 2.05) is 18.2 Å². The Kier molecular flexibility index (Phi) is 6.76. The lowest BCUT2D eigenvalue weighted by Gasteiger charge is -2.19. The van der Waals surface area contributed by atoms with E-state index in [4.69, 9.17) is 4.74 Å². The molecule has 0 saturated heterocycles. The summed E-state index contributed by atoms with van der Waals surface area (Å²) in [5.74, 6) is 0.959. The normalized spacial score (nSPS) is 12.7. The summed E-state index contributed by atoms with van der Waals surface area (Å²) >= 11 is 0. The van der Waals surface area contributed by atoms with Crippen molar-refractivity contribution in [3.8, 4) is 5.75 Å². The molecule has 0 saturated carbocycles. The van der Waals surface area contributed by atoms with Crippen LogP contribution in [0.25, 0.3) is 0 Å². The van der Waals surface area contributed by atoms with Crippen LogP contribution in [-0.4, -0.2) is 30.4 Å². The van der Waals surface area contributed by atoms with Gasteiger partial charge in [0.05, 0.1) is 13.2 Å². The lowest BCUT2D eigenvalue weighted by Crippen LogP contribution is -2.38. The second-order valence-corrected chi connectivity index (χ2v) is 4.80. The molecule has 1 aromatic carbocycles. The number of benzene rings is 1. The van der Waals surface area contributed by atoms with Gasteiger partial charge >= 0.3 is 0 Å². The van der Waals surface area contributed by atoms with Gasteiger partial charge < -0.3 is 15.2 Å². The Bertz CT molecular complexity index is 339. The highest BCUT2D eigenvalue weighted by Gasteiger charge is 2.09. The van der Waals surface area contributed by atoms with E-state index in [1.54, 1.807) is 0 Å². The van der Waals surface area contributed by atoms with Gasteiger partial charge in [-0.1, -0.05) is 39.0 Å². The fourth-order valence-corrected chi connectivity index (χ4v) is 1.95. The molecule has 1 atom stereocenters. The third kappa shape index (κ3) is 5.07. The number of ether oxygens (including phenoxy) is 1. The first-order chi connectivity index (χ1) is 8.67. The predicted octanol–water partition coefficient (Wildman–Crippen LogP) is 2.38. The highest BCUT2D eigenvalue weighted by molar-refractivity contribution is 5.33. The molecule has 0 aromatic heterocycles. The van der Waals surface area contributed by atoms with Crippen molar-refractivity contribution in [3.05, 3.63) is 29.8 Å². The fraction of sp³-hybridized carbons (Fsp3) is 0.600. The Morgan fingerprint density at radius 3 is 2.61 bits per heavy atom. The summed E-state index contributed by atoms with van der Waals surface area (Å²) in [4.78, 5) is 0. The van der Waals surface area contributed by atoms with Crippen LogP contribution in [0.15, 0.2) is 24.3 Å². The number of aryl methyl sites for hydroxylation is 1. The summed E-state index contributed by atoms with van der Waals surface area (Å²) < 4.78 is 5.79. The van der Waals surface area contributed by atoms with Crippen LogP contribution in [0.5, 0.6) is 5.75 Å². The van der Waals surface area contributed by atoms with E-state index in [9.17, 15) is 5.11 Å². The van der Waals surface area contributed by atoms with E-state index in [0.717, 1.165) is 18.6 Å². The Morgan fingerprint density at radius 1 is 1.28 bits per heavy atom. The van der Waals surface area contributed by atoms with E-state index in [1.165, 1.54) is 5.56 Å². The van der Waals surface area contributed by atoms with Crippen LogP contribution in [0, 0.1) is 0 Å². The molecule has 0 spiro atoms. The van der Waals surface area contributed by atoms with Crippen molar-refractivity contribution in [1.82, 2.24) is 5.32 Å². The maximum atomic E-state index is 9.25. The van der Waals surface area contributed by atoms with Gasteiger partial charge in [-0.3, -0.25) is 0 Å². The molecule has 0 aliphatic heterocycles. The molecule has 1 rings (SSSR count). The van der Waals surface area contributed by atoms with Gasteiger partial charge in [-0.05, 0) is 24.5 Å². The minimum Gasteiger partial charge on any atom is -0.493 e. The van der Waals surface area contributed by atoms with Crippen molar-refractivity contribution in [3.63, 3.8) is 0 Å². The molecule has 2 N–H and O–H groups in total. The molecule has 1 aromatic rings. The SMILES string of the molecule is CCc1ccccc1OCCC(CO)NC(C)C. The number of para-hydroxylation sites is 1. The monoisotopic (exact) mass is 251 g/mol. The first-order valence-corrected chi connectivity index (χ1v) is 6.75. The largest absolute Gasteiger partial charge is 0.493 e. The maximum absolute atomic E-state index is 9.25. The lowest BCUT2D eigenvalue weighted by molar-refractivity contribution is 0.202. The van der Waals surface area contributed by atoms with E-state index in [-0.39, 0.29) is 12.6 Å². The first kappa shape index (κ1) is 15.0. The summed E-state index contributed by atoms with van der Waals surface area (Å²) in [6.07, 6.45) is 1.79. The summed E-state index contributed by atoms with van der Waals surface area (Å²) in [7, 11) is 0. The molecule has 1 unspecified atom stereocenters. The third-order valence-corrected chi connectivity index (χ3v) is 2.87. The van der Waals surface area contributed by atoms with Crippen LogP contribution in [0.4, 0.5) is 0 Å². The van der Waals surface area contributed by atoms with Crippen LogP contribution < -0.4 is 10.1 Å². The molecule has 3 nitrogen and oxygen atoms in total. The predicted molar refractivity (Wildman–Crippen MR) is 75.1 cm³/mol. The molecule has 0 amide bonds. The second-order valence-electron chi connectivity index (χ2n) is 4.80. The first-order valence-electron chi connectivity index (χ1n) is 6.75. The lowest BCUT2D eigenvalue weighted by atomic mass is 10.1. The van der Waals surface area contributed by atoms with Crippen molar-refractivity contribution < 1.29 is 9.84 Å². The Hall–Kier alpha value is -1.06. The summed E-state index contributed by atoms with van der Waals surface area (Å²) in [6, 6.07) is 8.60. The molecular formula is C15H25NO2. The zero-order valence-corrected chi connectivity index (χ0v) is 11.6. The molecule has 3 heteroatoms. The molecule has 0 aliphatic rings. The zero-order valence-electron chi connectivity index (χ0n) is 11.6. The van der Waals surface area contributed by atoms with Gasteiger partial charge in [-0.2, -0.15) is 0 Å². The Morgan fingerprint density at radius 2 is 2.00 bits per heavy atom. The molecule has 0 radical (unpaired) electrons. The van der Waals surface area contributed by atoms with E-state index in [0.29, 0.717) is 12.6 Å². The summed E-state index contributed by atoms with van der Waals surface area (Å²) in [5.41, 5.74) is 1.23. The fourth-order valence-electron chi connectivity index (χ4n) is 1.95. The van der Waals surface area contributed by atoms with Crippen LogP contribution in [0.1, 0.15) is 32.8 Å². The van der Waals surface area contributed by atoms with Gasteiger partial charge in [0.15, 0.2) is 0 Å². The molecular weight excluding hydrogens is 226 g/mol. The van der Waals surface area contributed by atoms with E-state index in [2.05, 4.69) is 32.2 Å². The van der Waals surface area contributed by atoms with Crippen molar-refractivity contribution in [2.45, 2.75) is 45.7 Å². The summed E-state index contributed by atoms with van der Waals surface area (Å²) in [6.45, 7) is 7.06. The Labute approximate surface area is 110 Å². The van der Waals surface area contributed by atoms with Crippen LogP contribution >= 0.6 is 0 Å². The highest BCUT2D eigenvalue weighted by Crippen LogP contribution is 2.18. The van der Waals surface area contributed by atoms with Crippen molar-refractivity contribution in [1.29, 1.82) is 0 Å². The smallest absolute Gasteiger partial charge is 0.122 e. The minimum atomic E-state index is 0.110. The van der Waals surface area contributed by atoms with Gasteiger partial charge in [0.25, 0.3) is 0 Å². The average Bonchev–Trinajstić information content (AvgIpc) is 2.37. The van der Waals surface area contributed by atoms with Crippen LogP contribution in [0.2, 0.25) is 0 Å². The van der Waals surface area contributed by atoms with Gasteiger partial charge in [0.2, 0.25) is 0 Å². The van der Waals surface area contributed by atoms with Gasteiger partial charge in [-0.25, -0.2) is 0 Å². The Balaban J connectivity index is 2.40. The van der Waals surface area contributed by atoms with Gasteiger partial charge in [-0.15, -0.1) is 0 Å². The number of rotatable bonds is 8. The van der Waals surface area contributed by atoms with Crippen molar-refractivity contribution in [2.24, 2.45) is 0 Å². The minimum absolute atomic E-state index is 0.110. The van der Waals surface area contributed by atoms with Crippen molar-refractivity contribution >= 4 is 0 Å². The average molecular weight is 251 g/mol. The second kappa shape index (κ2) is 8.11. The zero-order chi connectivity index (χ0) is 13.4. The van der Waals surface area contributed by atoms with Gasteiger partial charge in [0, 0.05) is 12.1 Å². The third-order valence-electron chi connectivity index (χ3n) is 2.87. The topological polar surface area (TPSA) is 41.5 Å². The highest BCUT2D eigenvalue weighted by atomic mass is 16.5. The maximum Gasteiger partial charge on any atom is 0.122 e. The standard InChI is InChI=1S/C15H25NO2/c1-4-13-7-5-6-8-15(13)18-10-9-14(11-17)16-12(2)3/h5-8,12,14,16-17H,4,9-11H2,1-3H3. The number of aliphatic hydroxyl groups is 1. The molecule has 0 aliphatic carbocycles. The van der Waals surface area contributed by atoms with Crippen LogP contribution in [-0.2, 0) is 6.42 Å². The molecule has 0 fully saturated rings. The van der Waals surface area contributed by atoms with Crippen molar-refractivity contribution in [2.75, 3.05) is 13.2 Å². The summed E-state index contributed by atoms with van der Waals surface area (Å²) in [5, 5.41) is 12.6. The van der Waals surface area contributed by atoms with Gasteiger partial charge in [0.1, 0.15) is 5.75 Å². The van der Waals surface area contributed by atoms with E-state index < -0.39 is 0 Å². The number of aliphatic hydroxyl groups excluding tert-OH is 1. The molecule has 18 heavy (non-hydrogen) atoms.